The van der Waals surface area contributed by atoms with Crippen LogP contribution in [0.1, 0.15) is 36.6 Å². The Morgan fingerprint density at radius 2 is 1.84 bits per heavy atom. The molecule has 32 heavy (non-hydrogen) atoms. The van der Waals surface area contributed by atoms with Gasteiger partial charge in [0.15, 0.2) is 0 Å². The van der Waals surface area contributed by atoms with Crippen LogP contribution in [0.15, 0.2) is 42.2 Å². The van der Waals surface area contributed by atoms with Crippen LogP contribution in [0.2, 0.25) is 10.0 Å². The highest BCUT2D eigenvalue weighted by Gasteiger charge is 2.46. The summed E-state index contributed by atoms with van der Waals surface area (Å²) < 4.78 is 46.2. The Bertz CT molecular complexity index is 1030. The van der Waals surface area contributed by atoms with Crippen LogP contribution in [-0.2, 0) is 9.57 Å². The standard InChI is InChI=1S/C22H21Cl2F3N2O3/c1-11(2)10-31-21(30)28-17-8-13(5-4-12(17)3)19-18(20(32-29-19)22(25,26)27)14-6-15(23)9-16(24)7-14/h4-9,11,19,29H,10H2,1-3H3,(H,28,30). The van der Waals surface area contributed by atoms with E-state index in [1.807, 2.05) is 13.8 Å². The number of hydrogen-bond donors (Lipinski definition) is 2. The molecule has 3 rings (SSSR count). The van der Waals surface area contributed by atoms with E-state index in [-0.39, 0.29) is 33.7 Å². The molecular formula is C22H21Cl2F3N2O3. The molecule has 1 aliphatic rings. The highest BCUT2D eigenvalue weighted by molar-refractivity contribution is 6.34. The molecule has 0 fully saturated rings. The first kappa shape index (κ1) is 24.2. The summed E-state index contributed by atoms with van der Waals surface area (Å²) in [6.45, 7) is 5.80. The Hall–Kier alpha value is -2.42. The Morgan fingerprint density at radius 1 is 1.19 bits per heavy atom. The number of carbonyl (C=O) groups excluding carboxylic acids is 1. The van der Waals surface area contributed by atoms with Gasteiger partial charge in [0.05, 0.1) is 12.6 Å². The van der Waals surface area contributed by atoms with E-state index in [9.17, 15) is 18.0 Å². The number of halogens is 5. The number of hydroxylamine groups is 1. The zero-order valence-electron chi connectivity index (χ0n) is 17.4. The van der Waals surface area contributed by atoms with Crippen molar-refractivity contribution in [2.75, 3.05) is 11.9 Å². The van der Waals surface area contributed by atoms with Gasteiger partial charge in [0.2, 0.25) is 5.76 Å². The number of aryl methyl sites for hydroxylation is 1. The van der Waals surface area contributed by atoms with Gasteiger partial charge in [0.1, 0.15) is 0 Å². The Balaban J connectivity index is 2.00. The lowest BCUT2D eigenvalue weighted by molar-refractivity contribution is -0.136. The van der Waals surface area contributed by atoms with Gasteiger partial charge in [-0.15, -0.1) is 5.48 Å². The third-order valence-electron chi connectivity index (χ3n) is 4.62. The molecule has 1 aliphatic heterocycles. The normalized spacial score (nSPS) is 16.3. The number of anilines is 1. The van der Waals surface area contributed by atoms with Gasteiger partial charge in [-0.05, 0) is 53.8 Å². The molecule has 2 N–H and O–H groups in total. The SMILES string of the molecule is Cc1ccc(C2NOC(C(F)(F)F)=C2c2cc(Cl)cc(Cl)c2)cc1NC(=O)OCC(C)C. The summed E-state index contributed by atoms with van der Waals surface area (Å²) in [6.07, 6.45) is -5.40. The molecule has 0 aromatic heterocycles. The average Bonchev–Trinajstić information content (AvgIpc) is 3.13. The largest absolute Gasteiger partial charge is 0.451 e. The minimum Gasteiger partial charge on any atom is -0.449 e. The van der Waals surface area contributed by atoms with Crippen molar-refractivity contribution in [3.05, 3.63) is 68.9 Å². The number of alkyl halides is 3. The Kier molecular flexibility index (Phi) is 7.27. The number of allylic oxidation sites excluding steroid dienone is 1. The molecule has 0 aliphatic carbocycles. The van der Waals surface area contributed by atoms with Gasteiger partial charge >= 0.3 is 12.3 Å². The first-order valence-corrected chi connectivity index (χ1v) is 10.5. The second kappa shape index (κ2) is 9.60. The van der Waals surface area contributed by atoms with E-state index < -0.39 is 24.1 Å². The van der Waals surface area contributed by atoms with Crippen LogP contribution >= 0.6 is 23.2 Å². The van der Waals surface area contributed by atoms with E-state index in [2.05, 4.69) is 10.8 Å². The van der Waals surface area contributed by atoms with Crippen LogP contribution in [0.25, 0.3) is 5.57 Å². The number of nitrogens with one attached hydrogen (secondary N) is 2. The molecule has 0 radical (unpaired) electrons. The van der Waals surface area contributed by atoms with E-state index >= 15 is 0 Å². The molecule has 172 valence electrons. The van der Waals surface area contributed by atoms with Crippen molar-refractivity contribution in [1.82, 2.24) is 5.48 Å². The molecule has 2 aromatic rings. The zero-order chi connectivity index (χ0) is 23.6. The van der Waals surface area contributed by atoms with Crippen LogP contribution in [0, 0.1) is 12.8 Å². The van der Waals surface area contributed by atoms with Gasteiger partial charge < -0.3 is 9.57 Å². The van der Waals surface area contributed by atoms with Crippen molar-refractivity contribution in [3.63, 3.8) is 0 Å². The summed E-state index contributed by atoms with van der Waals surface area (Å²) in [5, 5.41) is 3.01. The zero-order valence-corrected chi connectivity index (χ0v) is 19.0. The van der Waals surface area contributed by atoms with Gasteiger partial charge in [-0.25, -0.2) is 4.79 Å². The predicted molar refractivity (Wildman–Crippen MR) is 117 cm³/mol. The maximum atomic E-state index is 13.7. The molecule has 1 unspecified atom stereocenters. The van der Waals surface area contributed by atoms with Gasteiger partial charge in [-0.3, -0.25) is 5.32 Å². The second-order valence-corrected chi connectivity index (χ2v) is 8.62. The summed E-state index contributed by atoms with van der Waals surface area (Å²) in [4.78, 5) is 16.9. The van der Waals surface area contributed by atoms with Crippen molar-refractivity contribution < 1.29 is 27.5 Å². The minimum atomic E-state index is -4.75. The molecular weight excluding hydrogens is 468 g/mol. The van der Waals surface area contributed by atoms with Crippen molar-refractivity contribution >= 4 is 40.6 Å². The third kappa shape index (κ3) is 5.68. The molecule has 0 saturated carbocycles. The van der Waals surface area contributed by atoms with E-state index in [1.165, 1.54) is 18.2 Å². The number of benzene rings is 2. The quantitative estimate of drug-likeness (QED) is 0.472. The van der Waals surface area contributed by atoms with Crippen LogP contribution in [0.3, 0.4) is 0 Å². The molecule has 5 nitrogen and oxygen atoms in total. The lowest BCUT2D eigenvalue weighted by atomic mass is 9.92. The number of rotatable bonds is 5. The van der Waals surface area contributed by atoms with Crippen LogP contribution < -0.4 is 10.8 Å². The highest BCUT2D eigenvalue weighted by Crippen LogP contribution is 2.45. The van der Waals surface area contributed by atoms with Crippen molar-refractivity contribution in [2.24, 2.45) is 5.92 Å². The minimum absolute atomic E-state index is 0.158. The first-order chi connectivity index (χ1) is 15.0. The molecule has 1 atom stereocenters. The predicted octanol–water partition coefficient (Wildman–Crippen LogP) is 7.06. The van der Waals surface area contributed by atoms with Gasteiger partial charge in [-0.1, -0.05) is 49.2 Å². The third-order valence-corrected chi connectivity index (χ3v) is 5.06. The van der Waals surface area contributed by atoms with E-state index in [0.29, 0.717) is 16.8 Å². The van der Waals surface area contributed by atoms with Gasteiger partial charge in [0, 0.05) is 21.3 Å². The number of amides is 1. The Labute approximate surface area is 193 Å². The average molecular weight is 489 g/mol. The molecule has 10 heteroatoms. The molecule has 0 bridgehead atoms. The van der Waals surface area contributed by atoms with Crippen LogP contribution in [0.5, 0.6) is 0 Å². The van der Waals surface area contributed by atoms with Crippen molar-refractivity contribution in [3.8, 4) is 0 Å². The van der Waals surface area contributed by atoms with Gasteiger partial charge in [0.25, 0.3) is 0 Å². The topological polar surface area (TPSA) is 59.6 Å². The fourth-order valence-corrected chi connectivity index (χ4v) is 3.68. The van der Waals surface area contributed by atoms with E-state index in [1.54, 1.807) is 25.1 Å². The van der Waals surface area contributed by atoms with E-state index in [0.717, 1.165) is 0 Å². The van der Waals surface area contributed by atoms with Crippen molar-refractivity contribution in [1.29, 1.82) is 0 Å². The molecule has 0 spiro atoms. The highest BCUT2D eigenvalue weighted by atomic mass is 35.5. The molecule has 1 amide bonds. The fraction of sp³-hybridized carbons (Fsp3) is 0.318. The molecule has 0 saturated heterocycles. The number of carbonyl (C=O) groups is 1. The second-order valence-electron chi connectivity index (χ2n) is 7.74. The summed E-state index contributed by atoms with van der Waals surface area (Å²) in [6, 6.07) is 8.10. The summed E-state index contributed by atoms with van der Waals surface area (Å²) >= 11 is 12.1. The maximum Gasteiger partial charge on any atom is 0.451 e. The Morgan fingerprint density at radius 3 is 2.44 bits per heavy atom. The van der Waals surface area contributed by atoms with Gasteiger partial charge in [-0.2, -0.15) is 13.2 Å². The van der Waals surface area contributed by atoms with Crippen LogP contribution in [-0.4, -0.2) is 18.9 Å². The monoisotopic (exact) mass is 488 g/mol. The maximum absolute atomic E-state index is 13.7. The summed E-state index contributed by atoms with van der Waals surface area (Å²) in [5.41, 5.74) is 3.97. The molecule has 1 heterocycles. The summed E-state index contributed by atoms with van der Waals surface area (Å²) in [7, 11) is 0. The lowest BCUT2D eigenvalue weighted by Gasteiger charge is -2.17. The number of ether oxygens (including phenoxy) is 1. The molecule has 2 aromatic carbocycles. The first-order valence-electron chi connectivity index (χ1n) is 9.70. The number of hydrogen-bond acceptors (Lipinski definition) is 4. The van der Waals surface area contributed by atoms with Crippen molar-refractivity contribution in [2.45, 2.75) is 33.0 Å². The van der Waals surface area contributed by atoms with Crippen LogP contribution in [0.4, 0.5) is 23.7 Å². The van der Waals surface area contributed by atoms with E-state index in [4.69, 9.17) is 32.8 Å². The fourth-order valence-electron chi connectivity index (χ4n) is 3.16. The smallest absolute Gasteiger partial charge is 0.449 e. The summed E-state index contributed by atoms with van der Waals surface area (Å²) in [5.74, 6) is -1.03. The lowest BCUT2D eigenvalue weighted by Crippen LogP contribution is -2.19.